The van der Waals surface area contributed by atoms with E-state index < -0.39 is 30.1 Å². The van der Waals surface area contributed by atoms with Gasteiger partial charge in [-0.1, -0.05) is 36.0 Å². The first-order valence-corrected chi connectivity index (χ1v) is 11.3. The normalized spacial score (nSPS) is 12.3. The minimum absolute atomic E-state index is 0.123. The number of aromatic amines is 1. The Morgan fingerprint density at radius 1 is 1.09 bits per heavy atom. The second kappa shape index (κ2) is 9.82. The average molecular weight is 490 g/mol. The Morgan fingerprint density at radius 3 is 2.29 bits per heavy atom. The number of nitrogens with one attached hydrogen (secondary N) is 1. The van der Waals surface area contributed by atoms with Crippen molar-refractivity contribution in [1.29, 1.82) is 5.26 Å². The molecule has 0 atom stereocenters. The number of thioether (sulfide) groups is 1. The lowest BCUT2D eigenvalue weighted by Gasteiger charge is -2.14. The molecule has 10 nitrogen and oxygen atoms in total. The van der Waals surface area contributed by atoms with Gasteiger partial charge in [0.2, 0.25) is 0 Å². The summed E-state index contributed by atoms with van der Waals surface area (Å²) in [6.07, 6.45) is 0. The van der Waals surface area contributed by atoms with E-state index in [0.717, 1.165) is 22.3 Å². The number of ether oxygens (including phenoxy) is 1. The summed E-state index contributed by atoms with van der Waals surface area (Å²) in [4.78, 5) is 59.0. The summed E-state index contributed by atoms with van der Waals surface area (Å²) in [6.45, 7) is -0.521. The molecule has 2 aromatic carbocycles. The van der Waals surface area contributed by atoms with Crippen molar-refractivity contribution in [3.05, 3.63) is 75.6 Å². The van der Waals surface area contributed by atoms with E-state index in [4.69, 9.17) is 4.74 Å². The lowest BCUT2D eigenvalue weighted by molar-refractivity contribution is -0.142. The highest BCUT2D eigenvalue weighted by molar-refractivity contribution is 7.99. The summed E-state index contributed by atoms with van der Waals surface area (Å²) in [5.41, 5.74) is 1.46. The monoisotopic (exact) mass is 489 g/mol. The number of H-pyrrole nitrogens is 1. The molecule has 2 amide bonds. The second-order valence-corrected chi connectivity index (χ2v) is 8.63. The average Bonchev–Trinajstić information content (AvgIpc) is 3.10. The molecule has 3 aromatic rings. The van der Waals surface area contributed by atoms with Crippen molar-refractivity contribution >= 4 is 35.2 Å². The fraction of sp³-hybridized carbons (Fsp3) is 0.167. The van der Waals surface area contributed by atoms with Crippen LogP contribution in [0.15, 0.2) is 58.5 Å². The molecule has 1 N–H and O–H groups in total. The highest BCUT2D eigenvalue weighted by Gasteiger charge is 2.35. The van der Waals surface area contributed by atoms with Gasteiger partial charge in [0.1, 0.15) is 11.6 Å². The van der Waals surface area contributed by atoms with Crippen LogP contribution in [0.25, 0.3) is 11.3 Å². The zero-order chi connectivity index (χ0) is 25.1. The number of hydrogen-bond donors (Lipinski definition) is 1. The molecule has 0 unspecified atom stereocenters. The van der Waals surface area contributed by atoms with E-state index >= 15 is 0 Å². The number of carbonyl (C=O) groups excluding carboxylic acids is 3. The third-order valence-electron chi connectivity index (χ3n) is 5.23. The molecule has 1 aromatic heterocycles. The van der Waals surface area contributed by atoms with Gasteiger partial charge in [0, 0.05) is 25.3 Å². The van der Waals surface area contributed by atoms with Crippen LogP contribution in [0.1, 0.15) is 26.3 Å². The van der Waals surface area contributed by atoms with Gasteiger partial charge in [0.15, 0.2) is 11.9 Å². The SMILES string of the molecule is CN(C)c1ccc(-c2nc(SCC(=O)OCN3C(=O)c4ccccc4C3=O)[nH]c(=O)c2C#N)cc1. The summed E-state index contributed by atoms with van der Waals surface area (Å²) >= 11 is 0.903. The summed E-state index contributed by atoms with van der Waals surface area (Å²) < 4.78 is 5.09. The zero-order valence-electron chi connectivity index (χ0n) is 18.8. The van der Waals surface area contributed by atoms with Crippen molar-refractivity contribution in [3.63, 3.8) is 0 Å². The number of esters is 1. The van der Waals surface area contributed by atoms with Crippen molar-refractivity contribution < 1.29 is 19.1 Å². The zero-order valence-corrected chi connectivity index (χ0v) is 19.6. The first-order valence-electron chi connectivity index (χ1n) is 10.4. The number of benzene rings is 2. The minimum Gasteiger partial charge on any atom is -0.443 e. The Kier molecular flexibility index (Phi) is 6.66. The Bertz CT molecular complexity index is 1390. The standard InChI is InChI=1S/C24H19N5O5S/c1-28(2)15-9-7-14(8-10-15)20-18(11-25)21(31)27-24(26-20)35-12-19(30)34-13-29-22(32)16-5-3-4-6-17(16)23(29)33/h3-10H,12-13H2,1-2H3,(H,26,27,31). The molecule has 0 fully saturated rings. The Hall–Kier alpha value is -4.43. The van der Waals surface area contributed by atoms with Crippen LogP contribution < -0.4 is 10.5 Å². The van der Waals surface area contributed by atoms with Gasteiger partial charge in [-0.2, -0.15) is 5.26 Å². The number of carbonyl (C=O) groups is 3. The number of anilines is 1. The maximum atomic E-state index is 12.4. The number of hydrogen-bond acceptors (Lipinski definition) is 9. The smallest absolute Gasteiger partial charge is 0.318 e. The number of aromatic nitrogens is 2. The summed E-state index contributed by atoms with van der Waals surface area (Å²) in [5, 5.41) is 9.56. The topological polar surface area (TPSA) is 136 Å². The van der Waals surface area contributed by atoms with E-state index in [1.807, 2.05) is 37.2 Å². The van der Waals surface area contributed by atoms with E-state index in [1.54, 1.807) is 24.3 Å². The largest absolute Gasteiger partial charge is 0.443 e. The first-order chi connectivity index (χ1) is 16.8. The third-order valence-corrected chi connectivity index (χ3v) is 6.07. The molecule has 0 aliphatic carbocycles. The van der Waals surface area contributed by atoms with Gasteiger partial charge in [-0.05, 0) is 24.3 Å². The van der Waals surface area contributed by atoms with Crippen molar-refractivity contribution in [2.45, 2.75) is 5.16 Å². The highest BCUT2D eigenvalue weighted by Crippen LogP contribution is 2.25. The molecule has 4 rings (SSSR count). The number of nitrogens with zero attached hydrogens (tertiary/aromatic N) is 4. The predicted octanol–water partition coefficient (Wildman–Crippen LogP) is 2.26. The highest BCUT2D eigenvalue weighted by atomic mass is 32.2. The minimum atomic E-state index is -0.713. The summed E-state index contributed by atoms with van der Waals surface area (Å²) in [6, 6.07) is 15.4. The van der Waals surface area contributed by atoms with Gasteiger partial charge in [-0.3, -0.25) is 19.2 Å². The molecule has 0 bridgehead atoms. The molecule has 1 aliphatic rings. The molecule has 0 spiro atoms. The van der Waals surface area contributed by atoms with Gasteiger partial charge in [-0.25, -0.2) is 9.88 Å². The van der Waals surface area contributed by atoms with Crippen molar-refractivity contribution in [3.8, 4) is 17.3 Å². The Balaban J connectivity index is 1.43. The molecule has 0 radical (unpaired) electrons. The number of nitriles is 1. The molecule has 0 saturated carbocycles. The van der Waals surface area contributed by atoms with Crippen LogP contribution in [0.3, 0.4) is 0 Å². The van der Waals surface area contributed by atoms with Gasteiger partial charge in [0.05, 0.1) is 22.6 Å². The molecule has 35 heavy (non-hydrogen) atoms. The first kappa shape index (κ1) is 23.7. The van der Waals surface area contributed by atoms with E-state index in [-0.39, 0.29) is 33.3 Å². The third kappa shape index (κ3) is 4.78. The lowest BCUT2D eigenvalue weighted by Crippen LogP contribution is -2.33. The van der Waals surface area contributed by atoms with Crippen LogP contribution in [0.4, 0.5) is 5.69 Å². The number of rotatable bonds is 7. The van der Waals surface area contributed by atoms with Gasteiger partial charge in [-0.15, -0.1) is 0 Å². The van der Waals surface area contributed by atoms with Crippen LogP contribution in [-0.2, 0) is 9.53 Å². The van der Waals surface area contributed by atoms with Crippen molar-refractivity contribution in [1.82, 2.24) is 14.9 Å². The van der Waals surface area contributed by atoms with Gasteiger partial charge < -0.3 is 14.6 Å². The number of imide groups is 1. The molecule has 2 heterocycles. The van der Waals surface area contributed by atoms with Crippen LogP contribution >= 0.6 is 11.8 Å². The Labute approximate surface area is 204 Å². The fourth-order valence-corrected chi connectivity index (χ4v) is 4.07. The summed E-state index contributed by atoms with van der Waals surface area (Å²) in [7, 11) is 3.78. The quantitative estimate of drug-likeness (QED) is 0.229. The maximum Gasteiger partial charge on any atom is 0.318 e. The maximum absolute atomic E-state index is 12.4. The van der Waals surface area contributed by atoms with Crippen molar-refractivity contribution in [2.75, 3.05) is 31.5 Å². The molecule has 176 valence electrons. The van der Waals surface area contributed by atoms with E-state index in [0.29, 0.717) is 5.56 Å². The molecular formula is C24H19N5O5S. The Morgan fingerprint density at radius 2 is 1.71 bits per heavy atom. The van der Waals surface area contributed by atoms with Gasteiger partial charge in [0.25, 0.3) is 17.4 Å². The van der Waals surface area contributed by atoms with E-state index in [9.17, 15) is 24.4 Å². The molecule has 11 heteroatoms. The fourth-order valence-electron chi connectivity index (χ4n) is 3.41. The van der Waals surface area contributed by atoms with Crippen LogP contribution in [-0.4, -0.2) is 59.2 Å². The van der Waals surface area contributed by atoms with E-state index in [2.05, 4.69) is 9.97 Å². The van der Waals surface area contributed by atoms with Crippen LogP contribution in [0.5, 0.6) is 0 Å². The predicted molar refractivity (Wildman–Crippen MR) is 128 cm³/mol. The molecule has 0 saturated heterocycles. The second-order valence-electron chi connectivity index (χ2n) is 7.67. The number of fused-ring (bicyclic) bond motifs is 1. The van der Waals surface area contributed by atoms with E-state index in [1.165, 1.54) is 12.1 Å². The van der Waals surface area contributed by atoms with Crippen LogP contribution in [0.2, 0.25) is 0 Å². The summed E-state index contributed by atoms with van der Waals surface area (Å²) in [5.74, 6) is -2.02. The van der Waals surface area contributed by atoms with Crippen LogP contribution in [0, 0.1) is 11.3 Å². The molecule has 1 aliphatic heterocycles. The van der Waals surface area contributed by atoms with Crippen molar-refractivity contribution in [2.24, 2.45) is 0 Å². The van der Waals surface area contributed by atoms with Gasteiger partial charge >= 0.3 is 5.97 Å². The molecular weight excluding hydrogens is 470 g/mol. The lowest BCUT2D eigenvalue weighted by atomic mass is 10.1. The number of amides is 2.